The fourth-order valence-corrected chi connectivity index (χ4v) is 3.92. The number of anilines is 1. The van der Waals surface area contributed by atoms with E-state index >= 15 is 0 Å². The van der Waals surface area contributed by atoms with Crippen LogP contribution in [-0.2, 0) is 33.3 Å². The van der Waals surface area contributed by atoms with Gasteiger partial charge in [-0.25, -0.2) is 9.97 Å². The van der Waals surface area contributed by atoms with Crippen molar-refractivity contribution in [3.8, 4) is 0 Å². The molecular formula is C23H23N5O8. The van der Waals surface area contributed by atoms with Crippen LogP contribution in [0.15, 0.2) is 36.7 Å². The first-order valence-electron chi connectivity index (χ1n) is 10.9. The van der Waals surface area contributed by atoms with E-state index in [1.54, 1.807) is 30.3 Å². The maximum Gasteiger partial charge on any atom is 0.303 e. The van der Waals surface area contributed by atoms with Gasteiger partial charge in [-0.2, -0.15) is 4.98 Å². The number of rotatable bonds is 7. The number of nitrogens with two attached hydrogens (primary N) is 1. The summed E-state index contributed by atoms with van der Waals surface area (Å²) in [5.74, 6) is -2.53. The average Bonchev–Trinajstić information content (AvgIpc) is 3.38. The molecule has 36 heavy (non-hydrogen) atoms. The number of fused-ring (bicyclic) bond motifs is 1. The van der Waals surface area contributed by atoms with Crippen LogP contribution in [0.25, 0.3) is 11.2 Å². The second kappa shape index (κ2) is 10.1. The Bertz CT molecular complexity index is 1320. The number of benzene rings is 1. The zero-order valence-electron chi connectivity index (χ0n) is 19.6. The van der Waals surface area contributed by atoms with Gasteiger partial charge < -0.3 is 24.7 Å². The molecule has 1 saturated heterocycles. The molecule has 0 saturated carbocycles. The van der Waals surface area contributed by atoms with Crippen molar-refractivity contribution in [2.75, 3.05) is 12.3 Å². The van der Waals surface area contributed by atoms with Gasteiger partial charge in [0.05, 0.1) is 6.33 Å². The Morgan fingerprint density at radius 1 is 0.972 bits per heavy atom. The SMILES string of the molecule is CC(=O)OC[C@H]1O[C@@H](n2cnc3c(C(=O)c4ccccc4)nc(N)nc32)[C@H](OC(C)=O)[C@@H]1OC(C)=O. The first-order chi connectivity index (χ1) is 17.2. The number of carbonyl (C=O) groups is 4. The zero-order valence-corrected chi connectivity index (χ0v) is 19.6. The Morgan fingerprint density at radius 3 is 2.28 bits per heavy atom. The quantitative estimate of drug-likeness (QED) is 0.278. The van der Waals surface area contributed by atoms with Crippen molar-refractivity contribution in [1.82, 2.24) is 19.5 Å². The van der Waals surface area contributed by atoms with E-state index in [4.69, 9.17) is 24.7 Å². The second-order valence-electron chi connectivity index (χ2n) is 7.97. The number of ether oxygens (including phenoxy) is 4. The Labute approximate surface area is 204 Å². The van der Waals surface area contributed by atoms with Crippen LogP contribution in [0.1, 0.15) is 43.1 Å². The van der Waals surface area contributed by atoms with Crippen molar-refractivity contribution in [3.63, 3.8) is 0 Å². The lowest BCUT2D eigenvalue weighted by Gasteiger charge is -2.23. The molecule has 0 radical (unpaired) electrons. The number of aromatic nitrogens is 4. The molecule has 0 amide bonds. The highest BCUT2D eigenvalue weighted by molar-refractivity contribution is 6.13. The third kappa shape index (κ3) is 5.00. The van der Waals surface area contributed by atoms with Gasteiger partial charge in [-0.1, -0.05) is 30.3 Å². The van der Waals surface area contributed by atoms with Crippen LogP contribution < -0.4 is 5.73 Å². The lowest BCUT2D eigenvalue weighted by Crippen LogP contribution is -2.40. The normalized spacial score (nSPS) is 21.2. The van der Waals surface area contributed by atoms with Crippen molar-refractivity contribution < 1.29 is 38.1 Å². The fourth-order valence-electron chi connectivity index (χ4n) is 3.92. The van der Waals surface area contributed by atoms with Gasteiger partial charge >= 0.3 is 17.9 Å². The van der Waals surface area contributed by atoms with Crippen molar-refractivity contribution >= 4 is 40.8 Å². The maximum absolute atomic E-state index is 13.1. The number of nitrogens with zero attached hydrogens (tertiary/aromatic N) is 4. The number of hydrogen-bond donors (Lipinski definition) is 1. The van der Waals surface area contributed by atoms with E-state index in [2.05, 4.69) is 15.0 Å². The van der Waals surface area contributed by atoms with Gasteiger partial charge in [0, 0.05) is 26.3 Å². The molecule has 1 aliphatic rings. The molecular weight excluding hydrogens is 474 g/mol. The van der Waals surface area contributed by atoms with Crippen LogP contribution >= 0.6 is 0 Å². The van der Waals surface area contributed by atoms with Crippen LogP contribution in [-0.4, -0.2) is 68.1 Å². The molecule has 4 rings (SSSR count). The minimum Gasteiger partial charge on any atom is -0.463 e. The summed E-state index contributed by atoms with van der Waals surface area (Å²) in [5, 5.41) is 0. The van der Waals surface area contributed by atoms with Gasteiger partial charge in [0.1, 0.15) is 23.9 Å². The highest BCUT2D eigenvalue weighted by Gasteiger charge is 2.51. The second-order valence-corrected chi connectivity index (χ2v) is 7.97. The Hall–Kier alpha value is -4.39. The van der Waals surface area contributed by atoms with Crippen LogP contribution in [0, 0.1) is 0 Å². The molecule has 4 atom stereocenters. The summed E-state index contributed by atoms with van der Waals surface area (Å²) >= 11 is 0. The number of hydrogen-bond acceptors (Lipinski definition) is 12. The monoisotopic (exact) mass is 497 g/mol. The summed E-state index contributed by atoms with van der Waals surface area (Å²) in [6, 6.07) is 8.45. The maximum atomic E-state index is 13.1. The zero-order chi connectivity index (χ0) is 26.0. The Kier molecular flexibility index (Phi) is 6.92. The number of carbonyl (C=O) groups excluding carboxylic acids is 4. The van der Waals surface area contributed by atoms with Gasteiger partial charge in [0.25, 0.3) is 0 Å². The topological polar surface area (TPSA) is 175 Å². The van der Waals surface area contributed by atoms with E-state index in [0.717, 1.165) is 0 Å². The molecule has 3 heterocycles. The lowest BCUT2D eigenvalue weighted by atomic mass is 10.1. The van der Waals surface area contributed by atoms with Gasteiger partial charge in [-0.05, 0) is 0 Å². The van der Waals surface area contributed by atoms with E-state index in [9.17, 15) is 19.2 Å². The third-order valence-electron chi connectivity index (χ3n) is 5.30. The van der Waals surface area contributed by atoms with Gasteiger partial charge in [0.15, 0.2) is 24.1 Å². The van der Waals surface area contributed by atoms with Crippen LogP contribution in [0.4, 0.5) is 5.95 Å². The van der Waals surface area contributed by atoms with Crippen LogP contribution in [0.5, 0.6) is 0 Å². The van der Waals surface area contributed by atoms with Crippen molar-refractivity contribution in [2.24, 2.45) is 0 Å². The Morgan fingerprint density at radius 2 is 1.64 bits per heavy atom. The van der Waals surface area contributed by atoms with E-state index in [1.165, 1.54) is 31.7 Å². The molecule has 2 N–H and O–H groups in total. The Balaban J connectivity index is 1.79. The van der Waals surface area contributed by atoms with E-state index in [0.29, 0.717) is 5.56 Å². The molecule has 1 fully saturated rings. The summed E-state index contributed by atoms with van der Waals surface area (Å²) in [4.78, 5) is 60.8. The first kappa shape index (κ1) is 24.7. The largest absolute Gasteiger partial charge is 0.463 e. The van der Waals surface area contributed by atoms with Gasteiger partial charge in [-0.15, -0.1) is 0 Å². The highest BCUT2D eigenvalue weighted by Crippen LogP contribution is 2.36. The summed E-state index contributed by atoms with van der Waals surface area (Å²) in [6.45, 7) is 3.31. The highest BCUT2D eigenvalue weighted by atomic mass is 16.7. The number of ketones is 1. The molecule has 13 heteroatoms. The molecule has 1 aromatic carbocycles. The molecule has 188 valence electrons. The smallest absolute Gasteiger partial charge is 0.303 e. The van der Waals surface area contributed by atoms with Crippen molar-refractivity contribution in [2.45, 2.75) is 45.3 Å². The molecule has 0 unspecified atom stereocenters. The molecule has 1 aliphatic heterocycles. The molecule has 0 bridgehead atoms. The van der Waals surface area contributed by atoms with E-state index in [1.807, 2.05) is 0 Å². The predicted octanol–water partition coefficient (Wildman–Crippen LogP) is 0.963. The molecule has 2 aromatic heterocycles. The number of nitrogen functional groups attached to an aromatic ring is 1. The van der Waals surface area contributed by atoms with Crippen molar-refractivity contribution in [3.05, 3.63) is 47.9 Å². The summed E-state index contributed by atoms with van der Waals surface area (Å²) in [7, 11) is 0. The third-order valence-corrected chi connectivity index (χ3v) is 5.30. The van der Waals surface area contributed by atoms with Crippen LogP contribution in [0.2, 0.25) is 0 Å². The van der Waals surface area contributed by atoms with Gasteiger partial charge in [0.2, 0.25) is 11.7 Å². The number of esters is 3. The van der Waals surface area contributed by atoms with Gasteiger partial charge in [-0.3, -0.25) is 23.7 Å². The predicted molar refractivity (Wildman–Crippen MR) is 121 cm³/mol. The summed E-state index contributed by atoms with van der Waals surface area (Å²) in [6.07, 6.45) is -3.04. The minimum absolute atomic E-state index is 0.0301. The van der Waals surface area contributed by atoms with E-state index in [-0.39, 0.29) is 29.4 Å². The fraction of sp³-hybridized carbons (Fsp3) is 0.348. The standard InChI is InChI=1S/C23H23N5O8/c1-11(29)33-9-15-19(34-12(2)30)20(35-13(3)31)22(36-15)28-10-25-17-16(26-23(24)27-21(17)28)18(32)14-7-5-4-6-8-14/h4-8,10,15,19-20,22H,9H2,1-3H3,(H2,24,26,27)/t15-,19-,20-,22-/m1/s1. The molecule has 0 spiro atoms. The first-order valence-corrected chi connectivity index (χ1v) is 10.9. The van der Waals surface area contributed by atoms with E-state index < -0.39 is 48.2 Å². The molecule has 3 aromatic rings. The summed E-state index contributed by atoms with van der Waals surface area (Å²) < 4.78 is 23.3. The summed E-state index contributed by atoms with van der Waals surface area (Å²) in [5.41, 5.74) is 6.52. The average molecular weight is 497 g/mol. The lowest BCUT2D eigenvalue weighted by molar-refractivity contribution is -0.166. The van der Waals surface area contributed by atoms with Crippen LogP contribution in [0.3, 0.4) is 0 Å². The number of imidazole rings is 1. The van der Waals surface area contributed by atoms with Crippen molar-refractivity contribution in [1.29, 1.82) is 0 Å². The molecule has 0 aliphatic carbocycles. The molecule has 13 nitrogen and oxygen atoms in total. The minimum atomic E-state index is -1.16.